The maximum atomic E-state index is 10.3. The molecule has 0 rings (SSSR count). The van der Waals surface area contributed by atoms with Crippen LogP contribution >= 0.6 is 0 Å². The summed E-state index contributed by atoms with van der Waals surface area (Å²) in [6.45, 7) is 10.0. The van der Waals surface area contributed by atoms with E-state index in [2.05, 4.69) is 18.7 Å². The highest BCUT2D eigenvalue weighted by Crippen LogP contribution is 2.06. The largest absolute Gasteiger partial charge is 0.381 e. The van der Waals surface area contributed by atoms with Gasteiger partial charge in [-0.25, -0.2) is 5.11 Å². The van der Waals surface area contributed by atoms with E-state index in [-0.39, 0.29) is 6.61 Å². The molecule has 0 aromatic heterocycles. The maximum absolute atomic E-state index is 10.3. The van der Waals surface area contributed by atoms with Crippen LogP contribution in [0.25, 0.3) is 0 Å². The summed E-state index contributed by atoms with van der Waals surface area (Å²) in [6, 6.07) is 0. The molecule has 0 unspecified atom stereocenters. The lowest BCUT2D eigenvalue weighted by atomic mass is 10.1. The third kappa shape index (κ3) is 18.1. The zero-order valence-electron chi connectivity index (χ0n) is 16.0. The highest BCUT2D eigenvalue weighted by Gasteiger charge is 2.04. The van der Waals surface area contributed by atoms with Crippen molar-refractivity contribution in [3.05, 3.63) is 0 Å². The highest BCUT2D eigenvalue weighted by atomic mass is 16.5. The molecule has 0 fully saturated rings. The molecule has 0 heterocycles. The minimum absolute atomic E-state index is 0.0605. The molecule has 0 saturated carbocycles. The van der Waals surface area contributed by atoms with Crippen LogP contribution in [0.15, 0.2) is 0 Å². The summed E-state index contributed by atoms with van der Waals surface area (Å²) >= 11 is 0. The van der Waals surface area contributed by atoms with Gasteiger partial charge in [0.15, 0.2) is 0 Å². The molecule has 0 aromatic rings. The summed E-state index contributed by atoms with van der Waals surface area (Å²) in [4.78, 5) is 2.64. The Balaban J connectivity index is 3.64. The smallest absolute Gasteiger partial charge is 0.0822 e. The van der Waals surface area contributed by atoms with Gasteiger partial charge in [-0.1, -0.05) is 52.4 Å². The van der Waals surface area contributed by atoms with Crippen molar-refractivity contribution in [2.24, 2.45) is 0 Å². The van der Waals surface area contributed by atoms with Gasteiger partial charge in [0, 0.05) is 19.8 Å². The number of hydrogen-bond acceptors (Lipinski definition) is 2. The predicted octanol–water partition coefficient (Wildman–Crippen LogP) is 5.46. The van der Waals surface area contributed by atoms with Gasteiger partial charge in [0.2, 0.25) is 0 Å². The van der Waals surface area contributed by atoms with E-state index < -0.39 is 0 Å². The van der Waals surface area contributed by atoms with Crippen LogP contribution in [0.4, 0.5) is 0 Å². The van der Waals surface area contributed by atoms with E-state index in [0.717, 1.165) is 38.9 Å². The summed E-state index contributed by atoms with van der Waals surface area (Å²) in [5.74, 6) is 0. The van der Waals surface area contributed by atoms with Gasteiger partial charge in [-0.3, -0.25) is 0 Å². The average molecular weight is 329 g/mol. The topological polar surface area (TPSA) is 32.4 Å². The Morgan fingerprint density at radius 2 is 1.13 bits per heavy atom. The summed E-state index contributed by atoms with van der Waals surface area (Å²) in [5, 5.41) is 10.3. The Hall–Kier alpha value is -0.120. The summed E-state index contributed by atoms with van der Waals surface area (Å²) in [5.41, 5.74) is 0. The quantitative estimate of drug-likeness (QED) is 0.295. The van der Waals surface area contributed by atoms with Crippen LogP contribution in [-0.4, -0.2) is 44.4 Å². The average Bonchev–Trinajstić information content (AvgIpc) is 2.57. The number of hydrogen-bond donors (Lipinski definition) is 0. The fourth-order valence-electron chi connectivity index (χ4n) is 2.84. The molecule has 0 amide bonds. The molecule has 0 aliphatic rings. The van der Waals surface area contributed by atoms with Gasteiger partial charge < -0.3 is 9.64 Å². The fourth-order valence-corrected chi connectivity index (χ4v) is 2.84. The summed E-state index contributed by atoms with van der Waals surface area (Å²) in [7, 11) is 0. The van der Waals surface area contributed by atoms with Crippen LogP contribution in [0.1, 0.15) is 90.9 Å². The number of nitrogens with zero attached hydrogens (tertiary/aromatic N) is 1. The van der Waals surface area contributed by atoms with E-state index in [1.54, 1.807) is 0 Å². The molecule has 3 heteroatoms. The molecule has 0 spiro atoms. The molecule has 0 aromatic carbocycles. The Morgan fingerprint density at radius 3 is 1.70 bits per heavy atom. The first-order valence-electron chi connectivity index (χ1n) is 10.2. The van der Waals surface area contributed by atoms with Crippen LogP contribution in [-0.2, 0) is 9.84 Å². The highest BCUT2D eigenvalue weighted by molar-refractivity contribution is 4.59. The Morgan fingerprint density at radius 1 is 0.609 bits per heavy atom. The van der Waals surface area contributed by atoms with Crippen LogP contribution in [0.2, 0.25) is 0 Å². The number of rotatable bonds is 19. The second-order valence-corrected chi connectivity index (χ2v) is 6.69. The number of unbranched alkanes of at least 4 members (excludes halogenated alkanes) is 8. The Bertz CT molecular complexity index is 200. The molecule has 1 radical (unpaired) electrons. The molecule has 139 valence electrons. The Kier molecular flexibility index (Phi) is 19.8. The van der Waals surface area contributed by atoms with Crippen LogP contribution in [0.5, 0.6) is 0 Å². The maximum Gasteiger partial charge on any atom is 0.0822 e. The van der Waals surface area contributed by atoms with Gasteiger partial charge >= 0.3 is 0 Å². The number of ether oxygens (including phenoxy) is 1. The van der Waals surface area contributed by atoms with Crippen molar-refractivity contribution in [1.82, 2.24) is 4.90 Å². The second-order valence-electron chi connectivity index (χ2n) is 6.69. The molecule has 0 bridgehead atoms. The SMILES string of the molecule is CCCCCCN(CCCCCC)CCCOCCCCC[O]. The minimum atomic E-state index is 0.0605. The zero-order valence-corrected chi connectivity index (χ0v) is 16.0. The van der Waals surface area contributed by atoms with Crippen molar-refractivity contribution in [3.63, 3.8) is 0 Å². The molecule has 23 heavy (non-hydrogen) atoms. The van der Waals surface area contributed by atoms with Crippen molar-refractivity contribution < 1.29 is 9.84 Å². The molecule has 0 saturated heterocycles. The molecule has 0 N–H and O–H groups in total. The molecular weight excluding hydrogens is 286 g/mol. The van der Waals surface area contributed by atoms with Gasteiger partial charge in [0.1, 0.15) is 0 Å². The molecular formula is C20H42NO2. The van der Waals surface area contributed by atoms with Gasteiger partial charge in [-0.15, -0.1) is 0 Å². The van der Waals surface area contributed by atoms with Crippen LogP contribution in [0, 0.1) is 0 Å². The molecule has 0 aliphatic heterocycles. The summed E-state index contributed by atoms with van der Waals surface area (Å²) < 4.78 is 5.69. The third-order valence-corrected chi connectivity index (χ3v) is 4.35. The predicted molar refractivity (Wildman–Crippen MR) is 99.6 cm³/mol. The van der Waals surface area contributed by atoms with Crippen LogP contribution < -0.4 is 0 Å². The van der Waals surface area contributed by atoms with Crippen LogP contribution in [0.3, 0.4) is 0 Å². The minimum Gasteiger partial charge on any atom is -0.381 e. The van der Waals surface area contributed by atoms with Gasteiger partial charge in [-0.2, -0.15) is 0 Å². The molecule has 0 atom stereocenters. The van der Waals surface area contributed by atoms with Crippen molar-refractivity contribution in [2.75, 3.05) is 39.5 Å². The lowest BCUT2D eigenvalue weighted by Gasteiger charge is -2.22. The van der Waals surface area contributed by atoms with E-state index in [0.29, 0.717) is 0 Å². The van der Waals surface area contributed by atoms with Gasteiger partial charge in [0.25, 0.3) is 0 Å². The van der Waals surface area contributed by atoms with Gasteiger partial charge in [-0.05, 0) is 51.6 Å². The monoisotopic (exact) mass is 328 g/mol. The normalized spacial score (nSPS) is 11.5. The first-order chi connectivity index (χ1) is 11.3. The molecule has 0 aliphatic carbocycles. The Labute approximate surface area is 145 Å². The van der Waals surface area contributed by atoms with E-state index in [9.17, 15) is 5.11 Å². The van der Waals surface area contributed by atoms with E-state index >= 15 is 0 Å². The first-order valence-corrected chi connectivity index (χ1v) is 10.2. The lowest BCUT2D eigenvalue weighted by Crippen LogP contribution is -2.28. The van der Waals surface area contributed by atoms with E-state index in [1.807, 2.05) is 0 Å². The summed E-state index contributed by atoms with van der Waals surface area (Å²) in [6.07, 6.45) is 14.8. The third-order valence-electron chi connectivity index (χ3n) is 4.35. The van der Waals surface area contributed by atoms with Crippen molar-refractivity contribution in [1.29, 1.82) is 0 Å². The fraction of sp³-hybridized carbons (Fsp3) is 1.00. The van der Waals surface area contributed by atoms with E-state index in [1.165, 1.54) is 71.0 Å². The van der Waals surface area contributed by atoms with Crippen molar-refractivity contribution >= 4 is 0 Å². The standard InChI is InChI=1S/C20H42NO2/c1-3-5-7-10-15-21(16-11-8-6-4-2)17-14-20-23-19-13-9-12-18-22/h3-20H2,1-2H3. The van der Waals surface area contributed by atoms with Crippen molar-refractivity contribution in [3.8, 4) is 0 Å². The first kappa shape index (κ1) is 22.9. The van der Waals surface area contributed by atoms with Crippen molar-refractivity contribution in [2.45, 2.75) is 90.9 Å². The molecule has 3 nitrogen and oxygen atoms in total. The zero-order chi connectivity index (χ0) is 17.0. The lowest BCUT2D eigenvalue weighted by molar-refractivity contribution is 0.113. The second kappa shape index (κ2) is 19.9. The van der Waals surface area contributed by atoms with Gasteiger partial charge in [0.05, 0.1) is 6.61 Å². The van der Waals surface area contributed by atoms with E-state index in [4.69, 9.17) is 4.74 Å².